The number of thioether (sulfide) groups is 1. The van der Waals surface area contributed by atoms with Gasteiger partial charge in [-0.1, -0.05) is 0 Å². The molecular formula is C14H17FN2OS. The van der Waals surface area contributed by atoms with Gasteiger partial charge in [-0.2, -0.15) is 0 Å². The van der Waals surface area contributed by atoms with Crippen molar-refractivity contribution in [2.45, 2.75) is 18.1 Å². The number of halogens is 1. The van der Waals surface area contributed by atoms with Gasteiger partial charge in [0.05, 0.1) is 16.6 Å². The first-order valence-electron chi connectivity index (χ1n) is 6.60. The first-order valence-corrected chi connectivity index (χ1v) is 7.65. The fraction of sp³-hybridized carbons (Fsp3) is 0.500. The van der Waals surface area contributed by atoms with E-state index in [4.69, 9.17) is 0 Å². The van der Waals surface area contributed by atoms with Crippen molar-refractivity contribution >= 4 is 29.0 Å². The highest BCUT2D eigenvalue weighted by molar-refractivity contribution is 8.00. The van der Waals surface area contributed by atoms with Gasteiger partial charge in [0.2, 0.25) is 5.91 Å². The second-order valence-corrected chi connectivity index (χ2v) is 6.36. The highest BCUT2D eigenvalue weighted by atomic mass is 32.2. The van der Waals surface area contributed by atoms with E-state index < -0.39 is 0 Å². The predicted octanol–water partition coefficient (Wildman–Crippen LogP) is 2.50. The van der Waals surface area contributed by atoms with Crippen molar-refractivity contribution in [1.29, 1.82) is 0 Å². The third-order valence-corrected chi connectivity index (χ3v) is 5.13. The molecule has 0 bridgehead atoms. The van der Waals surface area contributed by atoms with Crippen LogP contribution < -0.4 is 9.80 Å². The summed E-state index contributed by atoms with van der Waals surface area (Å²) in [6.45, 7) is 1.44. The number of nitrogens with zero attached hydrogens (tertiary/aromatic N) is 2. The molecule has 0 spiro atoms. The molecule has 0 radical (unpaired) electrons. The van der Waals surface area contributed by atoms with Crippen LogP contribution in [0.2, 0.25) is 0 Å². The SMILES string of the molecule is CN1CCN(C(=O)C2CCCS2)c2cc(F)ccc21. The molecule has 102 valence electrons. The van der Waals surface area contributed by atoms with Crippen LogP contribution in [0.3, 0.4) is 0 Å². The molecule has 0 N–H and O–H groups in total. The van der Waals surface area contributed by atoms with Crippen LogP contribution in [0.4, 0.5) is 15.8 Å². The van der Waals surface area contributed by atoms with Crippen molar-refractivity contribution in [2.75, 3.05) is 35.7 Å². The van der Waals surface area contributed by atoms with E-state index in [0.717, 1.165) is 30.8 Å². The largest absolute Gasteiger partial charge is 0.371 e. The Hall–Kier alpha value is -1.23. The summed E-state index contributed by atoms with van der Waals surface area (Å²) in [6, 6.07) is 4.68. The summed E-state index contributed by atoms with van der Waals surface area (Å²) >= 11 is 1.73. The van der Waals surface area contributed by atoms with E-state index >= 15 is 0 Å². The maximum absolute atomic E-state index is 13.5. The molecule has 1 saturated heterocycles. The number of amides is 1. The summed E-state index contributed by atoms with van der Waals surface area (Å²) in [5, 5.41) is 0.0551. The van der Waals surface area contributed by atoms with Crippen LogP contribution >= 0.6 is 11.8 Å². The van der Waals surface area contributed by atoms with Gasteiger partial charge >= 0.3 is 0 Å². The van der Waals surface area contributed by atoms with Crippen molar-refractivity contribution in [3.8, 4) is 0 Å². The Labute approximate surface area is 116 Å². The van der Waals surface area contributed by atoms with E-state index in [1.54, 1.807) is 22.7 Å². The van der Waals surface area contributed by atoms with Crippen LogP contribution in [0.15, 0.2) is 18.2 Å². The number of benzene rings is 1. The molecule has 1 amide bonds. The van der Waals surface area contributed by atoms with Gasteiger partial charge < -0.3 is 9.80 Å². The minimum atomic E-state index is -0.286. The lowest BCUT2D eigenvalue weighted by Crippen LogP contribution is -2.45. The summed E-state index contributed by atoms with van der Waals surface area (Å²) in [5.41, 5.74) is 1.65. The Morgan fingerprint density at radius 3 is 2.95 bits per heavy atom. The maximum Gasteiger partial charge on any atom is 0.240 e. The van der Waals surface area contributed by atoms with E-state index in [2.05, 4.69) is 4.90 Å². The Kier molecular flexibility index (Phi) is 3.39. The topological polar surface area (TPSA) is 23.6 Å². The lowest BCUT2D eigenvalue weighted by Gasteiger charge is -2.36. The lowest BCUT2D eigenvalue weighted by atomic mass is 10.1. The van der Waals surface area contributed by atoms with Crippen LogP contribution in [0, 0.1) is 5.82 Å². The monoisotopic (exact) mass is 280 g/mol. The zero-order chi connectivity index (χ0) is 13.4. The second kappa shape index (κ2) is 5.04. The molecule has 5 heteroatoms. The number of fused-ring (bicyclic) bond motifs is 1. The van der Waals surface area contributed by atoms with Gasteiger partial charge in [0.15, 0.2) is 0 Å². The third kappa shape index (κ3) is 2.31. The van der Waals surface area contributed by atoms with Crippen LogP contribution in [-0.2, 0) is 4.79 Å². The van der Waals surface area contributed by atoms with E-state index in [9.17, 15) is 9.18 Å². The smallest absolute Gasteiger partial charge is 0.240 e. The zero-order valence-corrected chi connectivity index (χ0v) is 11.8. The molecule has 1 unspecified atom stereocenters. The van der Waals surface area contributed by atoms with Crippen molar-refractivity contribution < 1.29 is 9.18 Å². The molecule has 1 fully saturated rings. The van der Waals surface area contributed by atoms with Crippen LogP contribution in [0.25, 0.3) is 0 Å². The van der Waals surface area contributed by atoms with Crippen molar-refractivity contribution in [3.05, 3.63) is 24.0 Å². The van der Waals surface area contributed by atoms with Gasteiger partial charge in [0, 0.05) is 20.1 Å². The predicted molar refractivity (Wildman–Crippen MR) is 77.5 cm³/mol. The summed E-state index contributed by atoms with van der Waals surface area (Å²) in [6.07, 6.45) is 2.05. The van der Waals surface area contributed by atoms with Crippen LogP contribution in [-0.4, -0.2) is 37.0 Å². The maximum atomic E-state index is 13.5. The zero-order valence-electron chi connectivity index (χ0n) is 10.9. The van der Waals surface area contributed by atoms with Gasteiger partial charge in [-0.3, -0.25) is 4.79 Å². The minimum absolute atomic E-state index is 0.0551. The van der Waals surface area contributed by atoms with Gasteiger partial charge in [0.25, 0.3) is 0 Å². The molecule has 19 heavy (non-hydrogen) atoms. The summed E-state index contributed by atoms with van der Waals surface area (Å²) in [4.78, 5) is 16.4. The quantitative estimate of drug-likeness (QED) is 0.789. The molecule has 0 aliphatic carbocycles. The molecule has 1 aromatic carbocycles. The summed E-state index contributed by atoms with van der Waals surface area (Å²) < 4.78 is 13.5. The third-order valence-electron chi connectivity index (χ3n) is 3.77. The normalized spacial score (nSPS) is 22.5. The van der Waals surface area contributed by atoms with Gasteiger partial charge in [-0.15, -0.1) is 11.8 Å². The van der Waals surface area contributed by atoms with E-state index in [-0.39, 0.29) is 17.0 Å². The molecule has 3 nitrogen and oxygen atoms in total. The van der Waals surface area contributed by atoms with Gasteiger partial charge in [0.1, 0.15) is 5.82 Å². The fourth-order valence-electron chi connectivity index (χ4n) is 2.70. The number of likely N-dealkylation sites (N-methyl/N-ethyl adjacent to an activating group) is 1. The van der Waals surface area contributed by atoms with E-state index in [0.29, 0.717) is 12.2 Å². The fourth-order valence-corrected chi connectivity index (χ4v) is 3.92. The first kappa shape index (κ1) is 12.8. The highest BCUT2D eigenvalue weighted by Crippen LogP contribution is 2.36. The van der Waals surface area contributed by atoms with Crippen molar-refractivity contribution in [3.63, 3.8) is 0 Å². The summed E-state index contributed by atoms with van der Waals surface area (Å²) in [5.74, 6) is 0.911. The van der Waals surface area contributed by atoms with Crippen LogP contribution in [0.1, 0.15) is 12.8 Å². The molecule has 2 aliphatic heterocycles. The Bertz CT molecular complexity index is 502. The lowest BCUT2D eigenvalue weighted by molar-refractivity contribution is -0.118. The molecule has 3 rings (SSSR count). The van der Waals surface area contributed by atoms with Crippen molar-refractivity contribution in [2.24, 2.45) is 0 Å². The molecule has 2 aliphatic rings. The second-order valence-electron chi connectivity index (χ2n) is 5.05. The first-order chi connectivity index (χ1) is 9.16. The van der Waals surface area contributed by atoms with Crippen LogP contribution in [0.5, 0.6) is 0 Å². The average molecular weight is 280 g/mol. The molecule has 0 saturated carbocycles. The standard InChI is InChI=1S/C14H17FN2OS/c1-16-6-7-17(14(18)13-3-2-8-19-13)12-9-10(15)4-5-11(12)16/h4-5,9,13H,2-3,6-8H2,1H3. The molecule has 1 aromatic rings. The Morgan fingerprint density at radius 1 is 1.37 bits per heavy atom. The van der Waals surface area contributed by atoms with Crippen molar-refractivity contribution in [1.82, 2.24) is 0 Å². The van der Waals surface area contributed by atoms with E-state index in [1.807, 2.05) is 7.05 Å². The number of carbonyl (C=O) groups excluding carboxylic acids is 1. The highest BCUT2D eigenvalue weighted by Gasteiger charge is 2.32. The average Bonchev–Trinajstić information content (AvgIpc) is 2.92. The number of hydrogen-bond donors (Lipinski definition) is 0. The number of rotatable bonds is 1. The number of hydrogen-bond acceptors (Lipinski definition) is 3. The molecule has 0 aromatic heterocycles. The number of anilines is 2. The Morgan fingerprint density at radius 2 is 2.21 bits per heavy atom. The van der Waals surface area contributed by atoms with E-state index in [1.165, 1.54) is 12.1 Å². The van der Waals surface area contributed by atoms with Gasteiger partial charge in [-0.25, -0.2) is 4.39 Å². The number of carbonyl (C=O) groups is 1. The minimum Gasteiger partial charge on any atom is -0.371 e. The molecule has 2 heterocycles. The summed E-state index contributed by atoms with van der Waals surface area (Å²) in [7, 11) is 1.98. The molecule has 1 atom stereocenters. The molecular weight excluding hydrogens is 263 g/mol. The Balaban J connectivity index is 1.93. The van der Waals surface area contributed by atoms with Gasteiger partial charge in [-0.05, 0) is 36.8 Å².